The van der Waals surface area contributed by atoms with Gasteiger partial charge in [-0.1, -0.05) is 0 Å². The molecule has 1 atom stereocenters. The fourth-order valence-electron chi connectivity index (χ4n) is 5.08. The predicted molar refractivity (Wildman–Crippen MR) is 121 cm³/mol. The predicted octanol–water partition coefficient (Wildman–Crippen LogP) is 6.42. The Kier molecular flexibility index (Phi) is 5.00. The van der Waals surface area contributed by atoms with Gasteiger partial charge in [-0.05, 0) is 114 Å². The molecule has 2 aromatic carbocycles. The number of hydrogen-bond donors (Lipinski definition) is 1. The van der Waals surface area contributed by atoms with Crippen LogP contribution in [0.4, 0.5) is 14.5 Å². The van der Waals surface area contributed by atoms with Gasteiger partial charge in [0.25, 0.3) is 0 Å². The number of amides is 1. The minimum atomic E-state index is -0.398. The molecular formula is C24H21F2IN2O. The van der Waals surface area contributed by atoms with E-state index in [0.29, 0.717) is 5.92 Å². The highest BCUT2D eigenvalue weighted by molar-refractivity contribution is 14.1. The SMILES string of the molecule is O=C(Nc1ccc(I)cc1F)[C@H]1CC12CCC(c1ccnc3ccc(F)cc13)CC2. The Balaban J connectivity index is 1.27. The maximum atomic E-state index is 14.1. The third-order valence-corrected chi connectivity index (χ3v) is 7.52. The monoisotopic (exact) mass is 518 g/mol. The lowest BCUT2D eigenvalue weighted by Crippen LogP contribution is -2.23. The molecule has 6 heteroatoms. The number of nitrogens with one attached hydrogen (secondary N) is 1. The first-order valence-electron chi connectivity index (χ1n) is 10.3. The molecule has 154 valence electrons. The van der Waals surface area contributed by atoms with Gasteiger partial charge in [-0.2, -0.15) is 0 Å². The van der Waals surface area contributed by atoms with Gasteiger partial charge < -0.3 is 5.32 Å². The van der Waals surface area contributed by atoms with Crippen molar-refractivity contribution in [1.82, 2.24) is 4.98 Å². The van der Waals surface area contributed by atoms with Crippen molar-refractivity contribution in [3.63, 3.8) is 0 Å². The third-order valence-electron chi connectivity index (χ3n) is 6.85. The number of pyridine rings is 1. The van der Waals surface area contributed by atoms with E-state index in [9.17, 15) is 13.6 Å². The molecule has 5 rings (SSSR count). The fraction of sp³-hybridized carbons (Fsp3) is 0.333. The number of halogens is 3. The van der Waals surface area contributed by atoms with Crippen molar-refractivity contribution in [1.29, 1.82) is 0 Å². The maximum Gasteiger partial charge on any atom is 0.228 e. The van der Waals surface area contributed by atoms with E-state index in [2.05, 4.69) is 10.3 Å². The molecule has 1 spiro atoms. The zero-order valence-electron chi connectivity index (χ0n) is 16.3. The Morgan fingerprint density at radius 2 is 1.90 bits per heavy atom. The molecule has 30 heavy (non-hydrogen) atoms. The van der Waals surface area contributed by atoms with Crippen LogP contribution in [-0.4, -0.2) is 10.9 Å². The smallest absolute Gasteiger partial charge is 0.228 e. The number of carbonyl (C=O) groups excluding carboxylic acids is 1. The minimum absolute atomic E-state index is 0.0361. The van der Waals surface area contributed by atoms with E-state index in [-0.39, 0.29) is 28.7 Å². The highest BCUT2D eigenvalue weighted by Crippen LogP contribution is 2.63. The van der Waals surface area contributed by atoms with Gasteiger partial charge in [0.05, 0.1) is 11.2 Å². The van der Waals surface area contributed by atoms with Crippen LogP contribution in [0.25, 0.3) is 10.9 Å². The normalized spacial score (nSPS) is 25.4. The van der Waals surface area contributed by atoms with Crippen LogP contribution in [0.15, 0.2) is 48.7 Å². The summed E-state index contributed by atoms with van der Waals surface area (Å²) in [5.74, 6) is -0.425. The second-order valence-electron chi connectivity index (χ2n) is 8.57. The number of fused-ring (bicyclic) bond motifs is 1. The second kappa shape index (κ2) is 7.55. The van der Waals surface area contributed by atoms with Gasteiger partial charge >= 0.3 is 0 Å². The number of rotatable bonds is 3. The van der Waals surface area contributed by atoms with Crippen LogP contribution in [0.3, 0.4) is 0 Å². The molecule has 1 N–H and O–H groups in total. The van der Waals surface area contributed by atoms with Crippen molar-refractivity contribution in [2.24, 2.45) is 11.3 Å². The van der Waals surface area contributed by atoms with Crippen LogP contribution in [0.5, 0.6) is 0 Å². The van der Waals surface area contributed by atoms with Crippen LogP contribution in [0.1, 0.15) is 43.6 Å². The number of benzene rings is 2. The van der Waals surface area contributed by atoms with E-state index in [1.54, 1.807) is 30.5 Å². The van der Waals surface area contributed by atoms with E-state index >= 15 is 0 Å². The Bertz CT molecular complexity index is 1140. The van der Waals surface area contributed by atoms with Gasteiger partial charge in [0, 0.05) is 21.1 Å². The summed E-state index contributed by atoms with van der Waals surface area (Å²) in [6.07, 6.45) is 6.52. The van der Waals surface area contributed by atoms with E-state index in [4.69, 9.17) is 0 Å². The summed E-state index contributed by atoms with van der Waals surface area (Å²) in [5, 5.41) is 3.66. The van der Waals surface area contributed by atoms with E-state index in [1.165, 1.54) is 12.1 Å². The van der Waals surface area contributed by atoms with E-state index in [0.717, 1.165) is 52.1 Å². The van der Waals surface area contributed by atoms with Crippen LogP contribution >= 0.6 is 22.6 Å². The van der Waals surface area contributed by atoms with Crippen molar-refractivity contribution in [3.05, 3.63) is 69.4 Å². The van der Waals surface area contributed by atoms with Crippen molar-refractivity contribution >= 4 is 45.1 Å². The van der Waals surface area contributed by atoms with Gasteiger partial charge in [-0.15, -0.1) is 0 Å². The topological polar surface area (TPSA) is 42.0 Å². The molecule has 0 bridgehead atoms. The minimum Gasteiger partial charge on any atom is -0.323 e. The molecule has 2 saturated carbocycles. The second-order valence-corrected chi connectivity index (χ2v) is 9.81. The molecule has 0 radical (unpaired) electrons. The van der Waals surface area contributed by atoms with Gasteiger partial charge in [0.15, 0.2) is 0 Å². The van der Waals surface area contributed by atoms with E-state index < -0.39 is 5.82 Å². The van der Waals surface area contributed by atoms with Crippen molar-refractivity contribution in [2.45, 2.75) is 38.0 Å². The number of anilines is 1. The van der Waals surface area contributed by atoms with Gasteiger partial charge in [-0.25, -0.2) is 8.78 Å². The quantitative estimate of drug-likeness (QED) is 0.407. The lowest BCUT2D eigenvalue weighted by molar-refractivity contribution is -0.118. The zero-order valence-corrected chi connectivity index (χ0v) is 18.5. The van der Waals surface area contributed by atoms with Crippen LogP contribution < -0.4 is 5.32 Å². The van der Waals surface area contributed by atoms with Gasteiger partial charge in [-0.3, -0.25) is 9.78 Å². The van der Waals surface area contributed by atoms with Crippen LogP contribution in [0, 0.1) is 26.5 Å². The maximum absolute atomic E-state index is 14.1. The Labute approximate surface area is 187 Å². The molecule has 0 aliphatic heterocycles. The standard InChI is InChI=1S/C24H21F2IN2O/c25-15-1-3-21-18(11-15)17(7-10-28-21)14-5-8-24(9-6-14)13-19(24)23(30)29-22-4-2-16(27)12-20(22)26/h1-4,7,10-12,14,19H,5-6,8-9,13H2,(H,29,30)/t14?,19-,24?/m1/s1. The molecule has 1 aromatic heterocycles. The summed E-state index contributed by atoms with van der Waals surface area (Å²) in [6.45, 7) is 0. The first-order chi connectivity index (χ1) is 14.4. The molecule has 1 heterocycles. The molecule has 1 amide bonds. The Hall–Kier alpha value is -2.09. The molecule has 0 unspecified atom stereocenters. The average Bonchev–Trinajstić information content (AvgIpc) is 3.44. The average molecular weight is 518 g/mol. The summed E-state index contributed by atoms with van der Waals surface area (Å²) in [6, 6.07) is 11.6. The first-order valence-corrected chi connectivity index (χ1v) is 11.3. The number of aromatic nitrogens is 1. The summed E-state index contributed by atoms with van der Waals surface area (Å²) in [5.41, 5.74) is 2.25. The molecule has 2 aliphatic rings. The molecular weight excluding hydrogens is 497 g/mol. The van der Waals surface area contributed by atoms with Crippen LogP contribution in [0.2, 0.25) is 0 Å². The fourth-order valence-corrected chi connectivity index (χ4v) is 5.53. The molecule has 3 nitrogen and oxygen atoms in total. The summed E-state index contributed by atoms with van der Waals surface area (Å²) in [4.78, 5) is 17.1. The summed E-state index contributed by atoms with van der Waals surface area (Å²) >= 11 is 2.05. The Morgan fingerprint density at radius 1 is 1.10 bits per heavy atom. The number of carbonyl (C=O) groups is 1. The highest BCUT2D eigenvalue weighted by atomic mass is 127. The van der Waals surface area contributed by atoms with Crippen molar-refractivity contribution in [2.75, 3.05) is 5.32 Å². The lowest BCUT2D eigenvalue weighted by Gasteiger charge is -2.30. The molecule has 0 saturated heterocycles. The zero-order chi connectivity index (χ0) is 20.9. The van der Waals surface area contributed by atoms with E-state index in [1.807, 2.05) is 28.7 Å². The van der Waals surface area contributed by atoms with Gasteiger partial charge in [0.2, 0.25) is 5.91 Å². The van der Waals surface area contributed by atoms with Crippen molar-refractivity contribution < 1.29 is 13.6 Å². The largest absolute Gasteiger partial charge is 0.323 e. The highest BCUT2D eigenvalue weighted by Gasteiger charge is 2.58. The molecule has 3 aromatic rings. The summed E-state index contributed by atoms with van der Waals surface area (Å²) in [7, 11) is 0. The molecule has 2 aliphatic carbocycles. The number of hydrogen-bond acceptors (Lipinski definition) is 2. The molecule has 2 fully saturated rings. The lowest BCUT2D eigenvalue weighted by atomic mass is 9.75. The number of nitrogens with zero attached hydrogens (tertiary/aromatic N) is 1. The Morgan fingerprint density at radius 3 is 2.67 bits per heavy atom. The first kappa shape index (κ1) is 19.8. The summed E-state index contributed by atoms with van der Waals surface area (Å²) < 4.78 is 28.7. The van der Waals surface area contributed by atoms with Gasteiger partial charge in [0.1, 0.15) is 11.6 Å². The van der Waals surface area contributed by atoms with Crippen molar-refractivity contribution in [3.8, 4) is 0 Å². The third kappa shape index (κ3) is 3.59. The van der Waals surface area contributed by atoms with Crippen LogP contribution in [-0.2, 0) is 4.79 Å².